The molecule has 0 radical (unpaired) electrons. The molecule has 0 aromatic heterocycles. The van der Waals surface area contributed by atoms with Gasteiger partial charge in [0.25, 0.3) is 0 Å². The minimum absolute atomic E-state index is 0.182. The second-order valence-corrected chi connectivity index (χ2v) is 7.16. The van der Waals surface area contributed by atoms with Gasteiger partial charge in [-0.25, -0.2) is 4.79 Å². The molecule has 1 aliphatic rings. The zero-order valence-corrected chi connectivity index (χ0v) is 15.0. The number of nitrogens with zero attached hydrogens (tertiary/aromatic N) is 1. The number of anilines is 1. The Labute approximate surface area is 147 Å². The SMILES string of the molecule is COC(=O)C(C)(C)c1ccc(NC(=O)N2CCC(C)(C(=O)O)C2)cc1. The summed E-state index contributed by atoms with van der Waals surface area (Å²) in [6.07, 6.45) is 0.433. The first-order valence-electron chi connectivity index (χ1n) is 8.08. The van der Waals surface area contributed by atoms with Crippen LogP contribution in [0.25, 0.3) is 0 Å². The molecule has 2 rings (SSSR count). The highest BCUT2D eigenvalue weighted by molar-refractivity contribution is 5.90. The van der Waals surface area contributed by atoms with Gasteiger partial charge in [-0.05, 0) is 44.9 Å². The van der Waals surface area contributed by atoms with Crippen molar-refractivity contribution in [2.24, 2.45) is 5.41 Å². The van der Waals surface area contributed by atoms with Crippen LogP contribution in [0.2, 0.25) is 0 Å². The first-order chi connectivity index (χ1) is 11.6. The van der Waals surface area contributed by atoms with E-state index in [4.69, 9.17) is 4.74 Å². The van der Waals surface area contributed by atoms with Crippen molar-refractivity contribution in [2.75, 3.05) is 25.5 Å². The van der Waals surface area contributed by atoms with Crippen LogP contribution in [0.5, 0.6) is 0 Å². The van der Waals surface area contributed by atoms with Gasteiger partial charge in [0.15, 0.2) is 0 Å². The number of esters is 1. The van der Waals surface area contributed by atoms with Gasteiger partial charge < -0.3 is 20.1 Å². The number of carboxylic acid groups (broad SMARTS) is 1. The molecule has 1 unspecified atom stereocenters. The number of ether oxygens (including phenoxy) is 1. The third-order valence-corrected chi connectivity index (χ3v) is 4.83. The molecule has 0 saturated carbocycles. The Kier molecular flexibility index (Phi) is 5.06. The molecule has 0 bridgehead atoms. The van der Waals surface area contributed by atoms with Crippen molar-refractivity contribution in [3.8, 4) is 0 Å². The van der Waals surface area contributed by atoms with Crippen molar-refractivity contribution in [1.29, 1.82) is 0 Å². The van der Waals surface area contributed by atoms with Crippen LogP contribution < -0.4 is 5.32 Å². The molecule has 1 saturated heterocycles. The number of amides is 2. The summed E-state index contributed by atoms with van der Waals surface area (Å²) in [7, 11) is 1.35. The van der Waals surface area contributed by atoms with Crippen molar-refractivity contribution < 1.29 is 24.2 Å². The largest absolute Gasteiger partial charge is 0.481 e. The van der Waals surface area contributed by atoms with Crippen LogP contribution in [0.4, 0.5) is 10.5 Å². The van der Waals surface area contributed by atoms with Crippen LogP contribution in [0.15, 0.2) is 24.3 Å². The van der Waals surface area contributed by atoms with E-state index in [1.165, 1.54) is 12.0 Å². The molecule has 7 nitrogen and oxygen atoms in total. The second kappa shape index (κ2) is 6.74. The number of methoxy groups -OCH3 is 1. The van der Waals surface area contributed by atoms with E-state index in [1.54, 1.807) is 45.0 Å². The Morgan fingerprint density at radius 2 is 1.84 bits per heavy atom. The number of carbonyl (C=O) groups is 3. The molecule has 7 heteroatoms. The molecule has 136 valence electrons. The molecule has 1 heterocycles. The van der Waals surface area contributed by atoms with E-state index in [0.717, 1.165) is 5.56 Å². The fourth-order valence-corrected chi connectivity index (χ4v) is 2.85. The Bertz CT molecular complexity index is 683. The topological polar surface area (TPSA) is 95.9 Å². The van der Waals surface area contributed by atoms with Gasteiger partial charge in [0.1, 0.15) is 0 Å². The predicted octanol–water partition coefficient (Wildman–Crippen LogP) is 2.47. The van der Waals surface area contributed by atoms with E-state index in [2.05, 4.69) is 5.32 Å². The fraction of sp³-hybridized carbons (Fsp3) is 0.500. The standard InChI is InChI=1S/C18H24N2O5/c1-17(2,15(23)25-4)12-5-7-13(8-6-12)19-16(24)20-10-9-18(3,11-20)14(21)22/h5-8H,9-11H2,1-4H3,(H,19,24)(H,21,22). The lowest BCUT2D eigenvalue weighted by Crippen LogP contribution is -2.37. The summed E-state index contributed by atoms with van der Waals surface area (Å²) in [6.45, 7) is 5.77. The average molecular weight is 348 g/mol. The van der Waals surface area contributed by atoms with Crippen molar-refractivity contribution in [1.82, 2.24) is 4.90 Å². The second-order valence-electron chi connectivity index (χ2n) is 7.16. The molecule has 1 aromatic carbocycles. The monoisotopic (exact) mass is 348 g/mol. The van der Waals surface area contributed by atoms with E-state index < -0.39 is 16.8 Å². The van der Waals surface area contributed by atoms with Crippen molar-refractivity contribution in [2.45, 2.75) is 32.6 Å². The summed E-state index contributed by atoms with van der Waals surface area (Å²) in [6, 6.07) is 6.62. The van der Waals surface area contributed by atoms with Gasteiger partial charge in [-0.2, -0.15) is 0 Å². The first kappa shape index (κ1) is 18.8. The molecular weight excluding hydrogens is 324 g/mol. The number of urea groups is 1. The Hall–Kier alpha value is -2.57. The van der Waals surface area contributed by atoms with E-state index in [1.807, 2.05) is 0 Å². The first-order valence-corrected chi connectivity index (χ1v) is 8.08. The van der Waals surface area contributed by atoms with Crippen LogP contribution in [-0.2, 0) is 19.7 Å². The summed E-state index contributed by atoms with van der Waals surface area (Å²) < 4.78 is 4.81. The summed E-state index contributed by atoms with van der Waals surface area (Å²) >= 11 is 0. The van der Waals surface area contributed by atoms with E-state index in [0.29, 0.717) is 18.7 Å². The predicted molar refractivity (Wildman–Crippen MR) is 92.4 cm³/mol. The van der Waals surface area contributed by atoms with Crippen molar-refractivity contribution in [3.05, 3.63) is 29.8 Å². The zero-order chi connectivity index (χ0) is 18.8. The zero-order valence-electron chi connectivity index (χ0n) is 15.0. The summed E-state index contributed by atoms with van der Waals surface area (Å²) in [5.74, 6) is -1.23. The maximum absolute atomic E-state index is 12.3. The van der Waals surface area contributed by atoms with Crippen LogP contribution >= 0.6 is 0 Å². The van der Waals surface area contributed by atoms with Crippen LogP contribution in [-0.4, -0.2) is 48.2 Å². The average Bonchev–Trinajstić information content (AvgIpc) is 2.98. The number of carbonyl (C=O) groups excluding carboxylic acids is 2. The smallest absolute Gasteiger partial charge is 0.321 e. The minimum atomic E-state index is -0.897. The normalized spacial score (nSPS) is 20.2. The number of hydrogen-bond acceptors (Lipinski definition) is 4. The number of nitrogens with one attached hydrogen (secondary N) is 1. The van der Waals surface area contributed by atoms with E-state index >= 15 is 0 Å². The number of likely N-dealkylation sites (tertiary alicyclic amines) is 1. The third-order valence-electron chi connectivity index (χ3n) is 4.83. The molecular formula is C18H24N2O5. The number of rotatable bonds is 4. The lowest BCUT2D eigenvalue weighted by Gasteiger charge is -2.23. The Balaban J connectivity index is 2.03. The molecule has 2 N–H and O–H groups in total. The quantitative estimate of drug-likeness (QED) is 0.815. The molecule has 1 atom stereocenters. The van der Waals surface area contributed by atoms with Gasteiger partial charge in [0, 0.05) is 18.8 Å². The summed E-state index contributed by atoms with van der Waals surface area (Å²) in [5, 5.41) is 12.0. The van der Waals surface area contributed by atoms with Crippen molar-refractivity contribution in [3.63, 3.8) is 0 Å². The number of benzene rings is 1. The van der Waals surface area contributed by atoms with Crippen LogP contribution in [0, 0.1) is 5.41 Å². The summed E-state index contributed by atoms with van der Waals surface area (Å²) in [4.78, 5) is 36.9. The fourth-order valence-electron chi connectivity index (χ4n) is 2.85. The Morgan fingerprint density at radius 1 is 1.24 bits per heavy atom. The lowest BCUT2D eigenvalue weighted by molar-refractivity contribution is -0.147. The van der Waals surface area contributed by atoms with Gasteiger partial charge >= 0.3 is 18.0 Å². The van der Waals surface area contributed by atoms with Gasteiger partial charge in [0.2, 0.25) is 0 Å². The lowest BCUT2D eigenvalue weighted by atomic mass is 9.85. The minimum Gasteiger partial charge on any atom is -0.481 e. The molecule has 1 fully saturated rings. The van der Waals surface area contributed by atoms with E-state index in [-0.39, 0.29) is 18.5 Å². The highest BCUT2D eigenvalue weighted by Crippen LogP contribution is 2.31. The number of aliphatic carboxylic acids is 1. The number of hydrogen-bond donors (Lipinski definition) is 2. The molecule has 2 amide bonds. The van der Waals surface area contributed by atoms with Gasteiger partial charge in [-0.15, -0.1) is 0 Å². The summed E-state index contributed by atoms with van der Waals surface area (Å²) in [5.41, 5.74) is -0.323. The van der Waals surface area contributed by atoms with Gasteiger partial charge in [-0.3, -0.25) is 9.59 Å². The van der Waals surface area contributed by atoms with Crippen molar-refractivity contribution >= 4 is 23.7 Å². The molecule has 0 aliphatic carbocycles. The highest BCUT2D eigenvalue weighted by Gasteiger charge is 2.42. The number of carboxylic acids is 1. The molecule has 0 spiro atoms. The van der Waals surface area contributed by atoms with Crippen LogP contribution in [0.3, 0.4) is 0 Å². The maximum Gasteiger partial charge on any atom is 0.321 e. The van der Waals surface area contributed by atoms with Gasteiger partial charge in [0.05, 0.1) is 17.9 Å². The molecule has 25 heavy (non-hydrogen) atoms. The molecule has 1 aliphatic heterocycles. The third kappa shape index (κ3) is 3.75. The maximum atomic E-state index is 12.3. The van der Waals surface area contributed by atoms with Gasteiger partial charge in [-0.1, -0.05) is 12.1 Å². The van der Waals surface area contributed by atoms with Crippen LogP contribution in [0.1, 0.15) is 32.8 Å². The van der Waals surface area contributed by atoms with E-state index in [9.17, 15) is 19.5 Å². The Morgan fingerprint density at radius 3 is 2.32 bits per heavy atom. The highest BCUT2D eigenvalue weighted by atomic mass is 16.5. The molecule has 1 aromatic rings.